The van der Waals surface area contributed by atoms with Crippen molar-refractivity contribution < 1.29 is 4.74 Å². The Hall–Kier alpha value is -2.80. The van der Waals surface area contributed by atoms with Crippen LogP contribution in [0.5, 0.6) is 5.75 Å². The molecule has 0 saturated heterocycles. The van der Waals surface area contributed by atoms with Gasteiger partial charge in [0, 0.05) is 0 Å². The topological polar surface area (TPSA) is 9.23 Å². The van der Waals surface area contributed by atoms with Crippen LogP contribution < -0.4 is 4.74 Å². The Morgan fingerprint density at radius 3 is 1.88 bits per heavy atom. The molecule has 0 aliphatic rings. The van der Waals surface area contributed by atoms with E-state index in [2.05, 4.69) is 67.6 Å². The molecule has 3 aromatic carbocycles. The van der Waals surface area contributed by atoms with Crippen LogP contribution in [0.3, 0.4) is 0 Å². The van der Waals surface area contributed by atoms with Crippen LogP contribution in [-0.2, 0) is 13.0 Å². The van der Waals surface area contributed by atoms with Gasteiger partial charge >= 0.3 is 0 Å². The zero-order valence-electron chi connectivity index (χ0n) is 14.0. The molecule has 24 heavy (non-hydrogen) atoms. The molecule has 3 aromatic rings. The Balaban J connectivity index is 1.57. The van der Waals surface area contributed by atoms with Crippen LogP contribution in [-0.4, -0.2) is 0 Å². The number of ether oxygens (including phenoxy) is 1. The van der Waals surface area contributed by atoms with E-state index in [1.807, 2.05) is 30.3 Å². The molecule has 0 unspecified atom stereocenters. The highest BCUT2D eigenvalue weighted by molar-refractivity contribution is 5.69. The second-order valence-electron chi connectivity index (χ2n) is 5.77. The second kappa shape index (κ2) is 8.16. The van der Waals surface area contributed by atoms with Gasteiger partial charge in [0.25, 0.3) is 0 Å². The van der Waals surface area contributed by atoms with Gasteiger partial charge in [0.1, 0.15) is 12.4 Å². The van der Waals surface area contributed by atoms with Crippen molar-refractivity contribution in [2.45, 2.75) is 20.0 Å². The van der Waals surface area contributed by atoms with Crippen molar-refractivity contribution in [3.63, 3.8) is 0 Å². The van der Waals surface area contributed by atoms with Crippen LogP contribution >= 0.6 is 0 Å². The fourth-order valence-electron chi connectivity index (χ4n) is 2.47. The summed E-state index contributed by atoms with van der Waals surface area (Å²) in [7, 11) is 0. The summed E-state index contributed by atoms with van der Waals surface area (Å²) >= 11 is 0. The summed E-state index contributed by atoms with van der Waals surface area (Å²) in [5.74, 6) is 0.917. The van der Waals surface area contributed by atoms with Gasteiger partial charge in [-0.15, -0.1) is 0 Å². The van der Waals surface area contributed by atoms with Crippen molar-refractivity contribution in [2.75, 3.05) is 0 Å². The van der Waals surface area contributed by atoms with Gasteiger partial charge in [0.2, 0.25) is 0 Å². The molecule has 0 atom stereocenters. The number of aryl methyl sites for hydroxylation is 1. The van der Waals surface area contributed by atoms with Crippen molar-refractivity contribution in [1.82, 2.24) is 0 Å². The summed E-state index contributed by atoms with van der Waals surface area (Å²) in [6, 6.07) is 27.1. The molecule has 0 spiro atoms. The molecule has 0 aliphatic carbocycles. The average molecular weight is 314 g/mol. The normalized spacial score (nSPS) is 10.9. The summed E-state index contributed by atoms with van der Waals surface area (Å²) in [4.78, 5) is 0. The maximum absolute atomic E-state index is 5.84. The molecule has 0 bridgehead atoms. The second-order valence-corrected chi connectivity index (χ2v) is 5.77. The minimum Gasteiger partial charge on any atom is -0.489 e. The summed E-state index contributed by atoms with van der Waals surface area (Å²) in [6.07, 6.45) is 5.31. The Kier molecular flexibility index (Phi) is 5.47. The average Bonchev–Trinajstić information content (AvgIpc) is 2.67. The molecule has 0 radical (unpaired) electrons. The van der Waals surface area contributed by atoms with Crippen LogP contribution in [0.25, 0.3) is 12.2 Å². The SMILES string of the molecule is CCc1ccc(OCc2ccc(/C=C/c3ccccc3)cc2)cc1. The first kappa shape index (κ1) is 16.1. The lowest BCUT2D eigenvalue weighted by Gasteiger charge is -2.07. The number of benzene rings is 3. The Morgan fingerprint density at radius 2 is 1.25 bits per heavy atom. The van der Waals surface area contributed by atoms with Gasteiger partial charge in [-0.05, 0) is 40.8 Å². The lowest BCUT2D eigenvalue weighted by Crippen LogP contribution is -1.95. The summed E-state index contributed by atoms with van der Waals surface area (Å²) in [5.41, 5.74) is 4.90. The third kappa shape index (κ3) is 4.60. The summed E-state index contributed by atoms with van der Waals surface area (Å²) in [5, 5.41) is 0. The van der Waals surface area contributed by atoms with Crippen molar-refractivity contribution in [3.8, 4) is 5.75 Å². The van der Waals surface area contributed by atoms with Gasteiger partial charge in [-0.25, -0.2) is 0 Å². The van der Waals surface area contributed by atoms with E-state index in [-0.39, 0.29) is 0 Å². The third-order valence-corrected chi connectivity index (χ3v) is 3.98. The van der Waals surface area contributed by atoms with Crippen LogP contribution in [0, 0.1) is 0 Å². The Morgan fingerprint density at radius 1 is 0.667 bits per heavy atom. The first-order chi connectivity index (χ1) is 11.8. The van der Waals surface area contributed by atoms with Gasteiger partial charge in [-0.2, -0.15) is 0 Å². The highest BCUT2D eigenvalue weighted by Gasteiger charge is 1.97. The highest BCUT2D eigenvalue weighted by atomic mass is 16.5. The first-order valence-electron chi connectivity index (χ1n) is 8.37. The van der Waals surface area contributed by atoms with E-state index >= 15 is 0 Å². The van der Waals surface area contributed by atoms with Gasteiger partial charge in [-0.3, -0.25) is 0 Å². The lowest BCUT2D eigenvalue weighted by molar-refractivity contribution is 0.306. The molecule has 0 N–H and O–H groups in total. The highest BCUT2D eigenvalue weighted by Crippen LogP contribution is 2.15. The van der Waals surface area contributed by atoms with Crippen molar-refractivity contribution in [2.24, 2.45) is 0 Å². The van der Waals surface area contributed by atoms with Crippen LogP contribution in [0.2, 0.25) is 0 Å². The van der Waals surface area contributed by atoms with Crippen LogP contribution in [0.4, 0.5) is 0 Å². The maximum atomic E-state index is 5.84. The molecule has 0 aliphatic heterocycles. The quantitative estimate of drug-likeness (QED) is 0.507. The van der Waals surface area contributed by atoms with Gasteiger partial charge in [-0.1, -0.05) is 85.8 Å². The van der Waals surface area contributed by atoms with E-state index in [9.17, 15) is 0 Å². The molecule has 0 aromatic heterocycles. The van der Waals surface area contributed by atoms with Crippen LogP contribution in [0.15, 0.2) is 78.9 Å². The summed E-state index contributed by atoms with van der Waals surface area (Å²) < 4.78 is 5.84. The molecule has 0 fully saturated rings. The smallest absolute Gasteiger partial charge is 0.119 e. The van der Waals surface area contributed by atoms with Crippen molar-refractivity contribution in [3.05, 3.63) is 101 Å². The zero-order chi connectivity index (χ0) is 16.6. The van der Waals surface area contributed by atoms with Gasteiger partial charge in [0.15, 0.2) is 0 Å². The minimum atomic E-state index is 0.591. The zero-order valence-corrected chi connectivity index (χ0v) is 14.0. The number of hydrogen-bond acceptors (Lipinski definition) is 1. The molecule has 3 rings (SSSR count). The Bertz CT molecular complexity index is 769. The van der Waals surface area contributed by atoms with E-state index < -0.39 is 0 Å². The predicted octanol–water partition coefficient (Wildman–Crippen LogP) is 6.00. The summed E-state index contributed by atoms with van der Waals surface area (Å²) in [6.45, 7) is 2.75. The van der Waals surface area contributed by atoms with Gasteiger partial charge in [0.05, 0.1) is 0 Å². The first-order valence-corrected chi connectivity index (χ1v) is 8.37. The number of hydrogen-bond donors (Lipinski definition) is 0. The van der Waals surface area contributed by atoms with E-state index in [0.717, 1.165) is 12.2 Å². The predicted molar refractivity (Wildman–Crippen MR) is 102 cm³/mol. The molecule has 0 amide bonds. The minimum absolute atomic E-state index is 0.591. The monoisotopic (exact) mass is 314 g/mol. The molecule has 0 saturated carbocycles. The van der Waals surface area contributed by atoms with E-state index in [4.69, 9.17) is 4.74 Å². The van der Waals surface area contributed by atoms with E-state index in [0.29, 0.717) is 6.61 Å². The number of rotatable bonds is 6. The molecule has 120 valence electrons. The van der Waals surface area contributed by atoms with Crippen molar-refractivity contribution >= 4 is 12.2 Å². The lowest BCUT2D eigenvalue weighted by atomic mass is 10.1. The molecular weight excluding hydrogens is 292 g/mol. The largest absolute Gasteiger partial charge is 0.489 e. The molecule has 1 heteroatoms. The standard InChI is InChI=1S/C23H22O/c1-2-19-14-16-23(17-15-19)24-18-22-12-10-21(11-13-22)9-8-20-6-4-3-5-7-20/h3-17H,2,18H2,1H3/b9-8+. The fraction of sp³-hybridized carbons (Fsp3) is 0.130. The molecular formula is C23H22O. The molecule has 1 nitrogen and oxygen atoms in total. The van der Waals surface area contributed by atoms with Gasteiger partial charge < -0.3 is 4.74 Å². The maximum Gasteiger partial charge on any atom is 0.119 e. The Labute approximate surface area is 144 Å². The van der Waals surface area contributed by atoms with E-state index in [1.54, 1.807) is 0 Å². The van der Waals surface area contributed by atoms with Crippen molar-refractivity contribution in [1.29, 1.82) is 0 Å². The third-order valence-electron chi connectivity index (χ3n) is 3.98. The molecule has 0 heterocycles. The fourth-order valence-corrected chi connectivity index (χ4v) is 2.47. The van der Waals surface area contributed by atoms with Crippen LogP contribution in [0.1, 0.15) is 29.2 Å². The van der Waals surface area contributed by atoms with E-state index in [1.165, 1.54) is 22.3 Å².